The Bertz CT molecular complexity index is 463. The Morgan fingerprint density at radius 3 is 2.42 bits per heavy atom. The maximum atomic E-state index is 12.7. The molecule has 0 aliphatic heterocycles. The van der Waals surface area contributed by atoms with Crippen LogP contribution in [-0.2, 0) is 24.2 Å². The van der Waals surface area contributed by atoms with E-state index >= 15 is 0 Å². The third-order valence-electron chi connectivity index (χ3n) is 3.09. The number of aryl methyl sites for hydroxylation is 2. The summed E-state index contributed by atoms with van der Waals surface area (Å²) in [4.78, 5) is 11.8. The third kappa shape index (κ3) is 3.15. The van der Waals surface area contributed by atoms with Crippen molar-refractivity contribution < 1.29 is 18.0 Å². The third-order valence-corrected chi connectivity index (χ3v) is 3.09. The molecule has 0 bridgehead atoms. The number of nitrogens with two attached hydrogens (primary N) is 1. The Hall–Kier alpha value is -1.37. The van der Waals surface area contributed by atoms with Crippen LogP contribution in [0.1, 0.15) is 32.2 Å². The first kappa shape index (κ1) is 15.7. The van der Waals surface area contributed by atoms with Gasteiger partial charge < -0.3 is 5.73 Å². The quantitative estimate of drug-likeness (QED) is 0.893. The van der Waals surface area contributed by atoms with E-state index in [4.69, 9.17) is 5.73 Å². The van der Waals surface area contributed by atoms with Crippen molar-refractivity contribution in [1.82, 2.24) is 9.78 Å². The van der Waals surface area contributed by atoms with Gasteiger partial charge in [-0.1, -0.05) is 6.92 Å². The van der Waals surface area contributed by atoms with Crippen LogP contribution < -0.4 is 5.73 Å². The van der Waals surface area contributed by atoms with Gasteiger partial charge in [0.05, 0.1) is 12.1 Å². The number of halogens is 3. The highest BCUT2D eigenvalue weighted by atomic mass is 19.4. The molecule has 1 atom stereocenters. The molecule has 108 valence electrons. The molecule has 0 aromatic carbocycles. The van der Waals surface area contributed by atoms with Crippen LogP contribution in [0, 0.1) is 0 Å². The molecule has 0 amide bonds. The summed E-state index contributed by atoms with van der Waals surface area (Å²) in [6, 6.07) is 1.65. The predicted octanol–water partition coefficient (Wildman–Crippen LogP) is 1.86. The lowest BCUT2D eigenvalue weighted by Gasteiger charge is -2.25. The maximum absolute atomic E-state index is 12.7. The zero-order valence-corrected chi connectivity index (χ0v) is 11.2. The number of ketones is 1. The molecule has 2 N–H and O–H groups in total. The average molecular weight is 277 g/mol. The van der Waals surface area contributed by atoms with Crippen molar-refractivity contribution in [2.24, 2.45) is 5.73 Å². The SMILES string of the molecule is CCc1cc(CC(=O)C(C)(N)C(F)(F)F)n(CC)n1. The average Bonchev–Trinajstić information content (AvgIpc) is 2.69. The minimum absolute atomic E-state index is 0.368. The van der Waals surface area contributed by atoms with Gasteiger partial charge in [0.1, 0.15) is 0 Å². The minimum Gasteiger partial charge on any atom is -0.312 e. The first-order valence-electron chi connectivity index (χ1n) is 6.08. The fourth-order valence-electron chi connectivity index (χ4n) is 1.61. The minimum atomic E-state index is -4.76. The van der Waals surface area contributed by atoms with Gasteiger partial charge in [-0.3, -0.25) is 9.48 Å². The van der Waals surface area contributed by atoms with Crippen LogP contribution in [0.25, 0.3) is 0 Å². The fraction of sp³-hybridized carbons (Fsp3) is 0.667. The number of hydrogen-bond donors (Lipinski definition) is 1. The molecular weight excluding hydrogens is 259 g/mol. The molecule has 0 radical (unpaired) electrons. The zero-order valence-electron chi connectivity index (χ0n) is 11.2. The maximum Gasteiger partial charge on any atom is 0.413 e. The van der Waals surface area contributed by atoms with Crippen LogP contribution in [0.15, 0.2) is 6.07 Å². The molecule has 0 aliphatic carbocycles. The highest BCUT2D eigenvalue weighted by molar-refractivity contribution is 5.90. The Labute approximate surface area is 109 Å². The van der Waals surface area contributed by atoms with Crippen molar-refractivity contribution in [3.8, 4) is 0 Å². The first-order valence-corrected chi connectivity index (χ1v) is 6.08. The van der Waals surface area contributed by atoms with E-state index in [-0.39, 0.29) is 6.42 Å². The summed E-state index contributed by atoms with van der Waals surface area (Å²) in [6.07, 6.45) is -4.46. The van der Waals surface area contributed by atoms with Gasteiger partial charge in [0, 0.05) is 12.2 Å². The lowest BCUT2D eigenvalue weighted by molar-refractivity contribution is -0.185. The highest BCUT2D eigenvalue weighted by Crippen LogP contribution is 2.29. The number of hydrogen-bond acceptors (Lipinski definition) is 3. The molecule has 7 heteroatoms. The summed E-state index contributed by atoms with van der Waals surface area (Å²) in [5.74, 6) is -1.06. The largest absolute Gasteiger partial charge is 0.413 e. The zero-order chi connectivity index (χ0) is 14.8. The molecule has 1 aromatic rings. The van der Waals surface area contributed by atoms with Crippen molar-refractivity contribution in [3.63, 3.8) is 0 Å². The predicted molar refractivity (Wildman–Crippen MR) is 64.6 cm³/mol. The Morgan fingerprint density at radius 2 is 2.00 bits per heavy atom. The summed E-state index contributed by atoms with van der Waals surface area (Å²) < 4.78 is 39.5. The van der Waals surface area contributed by atoms with Crippen LogP contribution in [0.4, 0.5) is 13.2 Å². The molecule has 0 aliphatic rings. The molecule has 1 unspecified atom stereocenters. The molecule has 1 heterocycles. The van der Waals surface area contributed by atoms with Gasteiger partial charge in [-0.15, -0.1) is 0 Å². The van der Waals surface area contributed by atoms with E-state index in [0.29, 0.717) is 25.6 Å². The van der Waals surface area contributed by atoms with E-state index in [0.717, 1.165) is 5.69 Å². The summed E-state index contributed by atoms with van der Waals surface area (Å²) in [6.45, 7) is 4.89. The number of carbonyl (C=O) groups is 1. The van der Waals surface area contributed by atoms with Gasteiger partial charge >= 0.3 is 6.18 Å². The number of carbonyl (C=O) groups excluding carboxylic acids is 1. The van der Waals surface area contributed by atoms with Crippen molar-refractivity contribution in [1.29, 1.82) is 0 Å². The highest BCUT2D eigenvalue weighted by Gasteiger charge is 2.53. The molecule has 4 nitrogen and oxygen atoms in total. The van der Waals surface area contributed by atoms with E-state index in [9.17, 15) is 18.0 Å². The fourth-order valence-corrected chi connectivity index (χ4v) is 1.61. The van der Waals surface area contributed by atoms with Crippen LogP contribution in [0.3, 0.4) is 0 Å². The van der Waals surface area contributed by atoms with E-state index in [2.05, 4.69) is 5.10 Å². The summed E-state index contributed by atoms with van der Waals surface area (Å²) in [7, 11) is 0. The molecule has 0 saturated heterocycles. The number of alkyl halides is 3. The van der Waals surface area contributed by atoms with Gasteiger partial charge in [-0.05, 0) is 26.3 Å². The monoisotopic (exact) mass is 277 g/mol. The van der Waals surface area contributed by atoms with Crippen LogP contribution >= 0.6 is 0 Å². The molecule has 19 heavy (non-hydrogen) atoms. The summed E-state index contributed by atoms with van der Waals surface area (Å²) in [5.41, 5.74) is 3.49. The van der Waals surface area contributed by atoms with Crippen LogP contribution in [0.5, 0.6) is 0 Å². The second-order valence-electron chi connectivity index (χ2n) is 4.60. The first-order chi connectivity index (χ1) is 8.63. The molecule has 0 saturated carbocycles. The van der Waals surface area contributed by atoms with Gasteiger partial charge in [0.15, 0.2) is 11.3 Å². The van der Waals surface area contributed by atoms with E-state index in [1.807, 2.05) is 13.8 Å². The summed E-state index contributed by atoms with van der Waals surface area (Å²) in [5, 5.41) is 4.19. The molecule has 0 spiro atoms. The standard InChI is InChI=1S/C12H18F3N3O/c1-4-8-6-9(18(5-2)17-8)7-10(19)11(3,16)12(13,14)15/h6H,4-5,7,16H2,1-3H3. The number of Topliss-reactive ketones (excluding diaryl/α,β-unsaturated/α-hetero) is 1. The molecule has 1 aromatic heterocycles. The van der Waals surface area contributed by atoms with Crippen LogP contribution in [0.2, 0.25) is 0 Å². The normalized spacial score (nSPS) is 15.3. The Balaban J connectivity index is 2.97. The van der Waals surface area contributed by atoms with Crippen molar-refractivity contribution in [2.75, 3.05) is 0 Å². The Kier molecular flexibility index (Phi) is 4.39. The van der Waals surface area contributed by atoms with Crippen molar-refractivity contribution in [2.45, 2.75) is 51.9 Å². The van der Waals surface area contributed by atoms with Gasteiger partial charge in [-0.2, -0.15) is 18.3 Å². The molecular formula is C12H18F3N3O. The Morgan fingerprint density at radius 1 is 1.42 bits per heavy atom. The second-order valence-corrected chi connectivity index (χ2v) is 4.60. The topological polar surface area (TPSA) is 60.9 Å². The van der Waals surface area contributed by atoms with E-state index in [1.165, 1.54) is 4.68 Å². The van der Waals surface area contributed by atoms with Crippen molar-refractivity contribution in [3.05, 3.63) is 17.5 Å². The molecule has 0 fully saturated rings. The van der Waals surface area contributed by atoms with Gasteiger partial charge in [0.2, 0.25) is 0 Å². The lowest BCUT2D eigenvalue weighted by Crippen LogP contribution is -2.57. The van der Waals surface area contributed by atoms with Crippen LogP contribution in [-0.4, -0.2) is 27.3 Å². The lowest BCUT2D eigenvalue weighted by atomic mass is 9.93. The number of rotatable bonds is 5. The van der Waals surface area contributed by atoms with Crippen molar-refractivity contribution >= 4 is 5.78 Å². The number of nitrogens with zero attached hydrogens (tertiary/aromatic N) is 2. The second kappa shape index (κ2) is 5.32. The van der Waals surface area contributed by atoms with E-state index in [1.54, 1.807) is 6.07 Å². The smallest absolute Gasteiger partial charge is 0.312 e. The van der Waals surface area contributed by atoms with Gasteiger partial charge in [-0.25, -0.2) is 0 Å². The molecule has 1 rings (SSSR count). The van der Waals surface area contributed by atoms with Gasteiger partial charge in [0.25, 0.3) is 0 Å². The summed E-state index contributed by atoms with van der Waals surface area (Å²) >= 11 is 0. The van der Waals surface area contributed by atoms with E-state index < -0.39 is 17.5 Å². The number of aromatic nitrogens is 2.